The van der Waals surface area contributed by atoms with Crippen molar-refractivity contribution in [2.75, 3.05) is 18.0 Å². The lowest BCUT2D eigenvalue weighted by molar-refractivity contribution is -0.122. The third-order valence-corrected chi connectivity index (χ3v) is 3.15. The zero-order chi connectivity index (χ0) is 13.3. The first-order chi connectivity index (χ1) is 8.52. The Morgan fingerprint density at radius 2 is 2.22 bits per heavy atom. The first-order valence-corrected chi connectivity index (χ1v) is 5.86. The van der Waals surface area contributed by atoms with Crippen molar-refractivity contribution in [3.05, 3.63) is 29.6 Å². The van der Waals surface area contributed by atoms with Crippen LogP contribution in [0.2, 0.25) is 0 Å². The molecule has 1 saturated heterocycles. The molecule has 1 aromatic carbocycles. The molecule has 0 aliphatic carbocycles. The zero-order valence-corrected chi connectivity index (χ0v) is 10.4. The molecular formula is C13H15FN2O2. The number of nitrogens with one attached hydrogen (secondary N) is 1. The fourth-order valence-electron chi connectivity index (χ4n) is 2.21. The van der Waals surface area contributed by atoms with E-state index in [1.807, 2.05) is 0 Å². The highest BCUT2D eigenvalue weighted by atomic mass is 19.1. The molecule has 0 saturated carbocycles. The first kappa shape index (κ1) is 12.5. The summed E-state index contributed by atoms with van der Waals surface area (Å²) in [6.45, 7) is 4.13. The van der Waals surface area contributed by atoms with Gasteiger partial charge in [0.05, 0.1) is 11.3 Å². The van der Waals surface area contributed by atoms with E-state index >= 15 is 0 Å². The van der Waals surface area contributed by atoms with Gasteiger partial charge in [-0.25, -0.2) is 4.39 Å². The SMILES string of the molecule is CC(=O)c1c(F)cccc1N1CCNC(=O)C1C. The summed E-state index contributed by atoms with van der Waals surface area (Å²) in [5.41, 5.74) is 0.545. The summed E-state index contributed by atoms with van der Waals surface area (Å²) in [5, 5.41) is 2.74. The van der Waals surface area contributed by atoms with Gasteiger partial charge in [0.2, 0.25) is 5.91 Å². The van der Waals surface area contributed by atoms with Gasteiger partial charge in [-0.3, -0.25) is 9.59 Å². The number of hydrogen-bond acceptors (Lipinski definition) is 3. The molecule has 1 aliphatic rings. The lowest BCUT2D eigenvalue weighted by Crippen LogP contribution is -2.54. The van der Waals surface area contributed by atoms with Crippen molar-refractivity contribution >= 4 is 17.4 Å². The number of carbonyl (C=O) groups is 2. The molecule has 5 heteroatoms. The molecule has 0 aromatic heterocycles. The summed E-state index contributed by atoms with van der Waals surface area (Å²) in [4.78, 5) is 24.9. The Bertz CT molecular complexity index is 502. The maximum Gasteiger partial charge on any atom is 0.242 e. The predicted molar refractivity (Wildman–Crippen MR) is 66.2 cm³/mol. The van der Waals surface area contributed by atoms with Crippen LogP contribution in [0.1, 0.15) is 24.2 Å². The molecule has 1 aliphatic heterocycles. The average molecular weight is 250 g/mol. The second kappa shape index (κ2) is 4.76. The number of Topliss-reactive ketones (excluding diaryl/α,β-unsaturated/α-hetero) is 1. The van der Waals surface area contributed by atoms with Crippen molar-refractivity contribution in [1.82, 2.24) is 5.32 Å². The maximum absolute atomic E-state index is 13.7. The molecule has 1 N–H and O–H groups in total. The van der Waals surface area contributed by atoms with Crippen LogP contribution in [0, 0.1) is 5.82 Å². The summed E-state index contributed by atoms with van der Waals surface area (Å²) in [7, 11) is 0. The van der Waals surface area contributed by atoms with Crippen molar-refractivity contribution in [3.8, 4) is 0 Å². The van der Waals surface area contributed by atoms with E-state index in [2.05, 4.69) is 5.32 Å². The summed E-state index contributed by atoms with van der Waals surface area (Å²) < 4.78 is 13.7. The smallest absolute Gasteiger partial charge is 0.242 e. The topological polar surface area (TPSA) is 49.4 Å². The minimum Gasteiger partial charge on any atom is -0.357 e. The van der Waals surface area contributed by atoms with Gasteiger partial charge in [0.1, 0.15) is 11.9 Å². The van der Waals surface area contributed by atoms with E-state index in [-0.39, 0.29) is 17.3 Å². The molecule has 18 heavy (non-hydrogen) atoms. The Morgan fingerprint density at radius 1 is 1.50 bits per heavy atom. The fraction of sp³-hybridized carbons (Fsp3) is 0.385. The third-order valence-electron chi connectivity index (χ3n) is 3.15. The number of carbonyl (C=O) groups excluding carboxylic acids is 2. The highest BCUT2D eigenvalue weighted by Gasteiger charge is 2.28. The Balaban J connectivity index is 2.47. The second-order valence-corrected chi connectivity index (χ2v) is 4.35. The van der Waals surface area contributed by atoms with Crippen LogP contribution < -0.4 is 10.2 Å². The van der Waals surface area contributed by atoms with Gasteiger partial charge in [0.15, 0.2) is 5.78 Å². The van der Waals surface area contributed by atoms with Crippen molar-refractivity contribution in [3.63, 3.8) is 0 Å². The minimum absolute atomic E-state index is 0.0547. The summed E-state index contributed by atoms with van der Waals surface area (Å²) in [5.74, 6) is -0.987. The standard InChI is InChI=1S/C13H15FN2O2/c1-8-13(18)15-6-7-16(8)11-5-3-4-10(14)12(11)9(2)17/h3-5,8H,6-7H2,1-2H3,(H,15,18). The van der Waals surface area contributed by atoms with Crippen LogP contribution in [0.5, 0.6) is 0 Å². The van der Waals surface area contributed by atoms with Crippen LogP contribution >= 0.6 is 0 Å². The number of nitrogens with zero attached hydrogens (tertiary/aromatic N) is 1. The van der Waals surface area contributed by atoms with Crippen LogP contribution in [0.3, 0.4) is 0 Å². The molecule has 1 aromatic rings. The van der Waals surface area contributed by atoms with E-state index in [1.165, 1.54) is 13.0 Å². The molecule has 1 unspecified atom stereocenters. The van der Waals surface area contributed by atoms with Gasteiger partial charge in [-0.15, -0.1) is 0 Å². The van der Waals surface area contributed by atoms with E-state index in [1.54, 1.807) is 24.0 Å². The van der Waals surface area contributed by atoms with Gasteiger partial charge in [0.25, 0.3) is 0 Å². The number of ketones is 1. The molecule has 0 bridgehead atoms. The lowest BCUT2D eigenvalue weighted by atomic mass is 10.0. The van der Waals surface area contributed by atoms with Crippen LogP contribution in [0.4, 0.5) is 10.1 Å². The lowest BCUT2D eigenvalue weighted by Gasteiger charge is -2.35. The number of amides is 1. The fourth-order valence-corrected chi connectivity index (χ4v) is 2.21. The number of benzene rings is 1. The molecular weight excluding hydrogens is 235 g/mol. The quantitative estimate of drug-likeness (QED) is 0.806. The van der Waals surface area contributed by atoms with Gasteiger partial charge in [0, 0.05) is 13.1 Å². The number of hydrogen-bond donors (Lipinski definition) is 1. The highest BCUT2D eigenvalue weighted by molar-refractivity contribution is 6.01. The second-order valence-electron chi connectivity index (χ2n) is 4.35. The molecule has 0 radical (unpaired) electrons. The van der Waals surface area contributed by atoms with E-state index < -0.39 is 11.9 Å². The van der Waals surface area contributed by atoms with E-state index in [0.717, 1.165) is 0 Å². The molecule has 4 nitrogen and oxygen atoms in total. The number of halogens is 1. The zero-order valence-electron chi connectivity index (χ0n) is 10.4. The maximum atomic E-state index is 13.7. The van der Waals surface area contributed by atoms with Gasteiger partial charge in [-0.2, -0.15) is 0 Å². The normalized spacial score (nSPS) is 19.6. The monoisotopic (exact) mass is 250 g/mol. The van der Waals surface area contributed by atoms with Crippen molar-refractivity contribution in [2.45, 2.75) is 19.9 Å². The van der Waals surface area contributed by atoms with Crippen LogP contribution in [-0.2, 0) is 4.79 Å². The predicted octanol–water partition coefficient (Wildman–Crippen LogP) is 1.35. The first-order valence-electron chi connectivity index (χ1n) is 5.86. The van der Waals surface area contributed by atoms with E-state index in [0.29, 0.717) is 18.8 Å². The molecule has 1 fully saturated rings. The Labute approximate surface area is 105 Å². The Hall–Kier alpha value is -1.91. The van der Waals surface area contributed by atoms with Crippen molar-refractivity contribution in [1.29, 1.82) is 0 Å². The van der Waals surface area contributed by atoms with Gasteiger partial charge in [-0.05, 0) is 26.0 Å². The third kappa shape index (κ3) is 2.08. The summed E-state index contributed by atoms with van der Waals surface area (Å²) in [6.07, 6.45) is 0. The largest absolute Gasteiger partial charge is 0.357 e. The summed E-state index contributed by atoms with van der Waals surface area (Å²) in [6, 6.07) is 4.08. The number of rotatable bonds is 2. The van der Waals surface area contributed by atoms with Gasteiger partial charge in [-0.1, -0.05) is 6.07 Å². The molecule has 2 rings (SSSR count). The molecule has 96 valence electrons. The van der Waals surface area contributed by atoms with E-state index in [4.69, 9.17) is 0 Å². The van der Waals surface area contributed by atoms with Crippen LogP contribution in [-0.4, -0.2) is 30.8 Å². The molecule has 1 amide bonds. The minimum atomic E-state index is -0.543. The van der Waals surface area contributed by atoms with Crippen molar-refractivity contribution in [2.24, 2.45) is 0 Å². The van der Waals surface area contributed by atoms with Gasteiger partial charge < -0.3 is 10.2 Å². The van der Waals surface area contributed by atoms with Crippen LogP contribution in [0.15, 0.2) is 18.2 Å². The number of anilines is 1. The molecule has 1 heterocycles. The average Bonchev–Trinajstić information content (AvgIpc) is 2.32. The van der Waals surface area contributed by atoms with Crippen molar-refractivity contribution < 1.29 is 14.0 Å². The number of piperazine rings is 1. The summed E-state index contributed by atoms with van der Waals surface area (Å²) >= 11 is 0. The highest BCUT2D eigenvalue weighted by Crippen LogP contribution is 2.26. The van der Waals surface area contributed by atoms with Gasteiger partial charge >= 0.3 is 0 Å². The Kier molecular flexibility index (Phi) is 3.32. The molecule has 1 atom stereocenters. The Morgan fingerprint density at radius 3 is 2.89 bits per heavy atom. The molecule has 0 spiro atoms. The van der Waals surface area contributed by atoms with Crippen LogP contribution in [0.25, 0.3) is 0 Å². The van der Waals surface area contributed by atoms with E-state index in [9.17, 15) is 14.0 Å².